The number of ether oxygens (including phenoxy) is 1. The number of hydrogen-bond acceptors (Lipinski definition) is 3. The zero-order chi connectivity index (χ0) is 9.14. The zero-order valence-corrected chi connectivity index (χ0v) is 7.16. The van der Waals surface area contributed by atoms with E-state index in [-0.39, 0.29) is 11.8 Å². The molecule has 0 unspecified atom stereocenters. The van der Waals surface area contributed by atoms with Crippen LogP contribution in [0.4, 0.5) is 0 Å². The van der Waals surface area contributed by atoms with Gasteiger partial charge in [-0.1, -0.05) is 0 Å². The van der Waals surface area contributed by atoms with Gasteiger partial charge in [0.25, 0.3) is 11.8 Å². The molecule has 0 atom stereocenters. The molecule has 12 heavy (non-hydrogen) atoms. The average Bonchev–Trinajstić information content (AvgIpc) is 2.30. The Hall–Kier alpha value is -1.16. The van der Waals surface area contributed by atoms with Crippen molar-refractivity contribution in [3.63, 3.8) is 0 Å². The molecule has 0 aromatic heterocycles. The fraction of sp³-hybridized carbons (Fsp3) is 0.500. The normalized spacial score (nSPS) is 17.2. The lowest BCUT2D eigenvalue weighted by atomic mass is 10.2. The van der Waals surface area contributed by atoms with Gasteiger partial charge in [0.1, 0.15) is 0 Å². The molecule has 0 fully saturated rings. The molecule has 0 saturated carbocycles. The van der Waals surface area contributed by atoms with Crippen molar-refractivity contribution in [2.24, 2.45) is 0 Å². The Morgan fingerprint density at radius 2 is 2.17 bits per heavy atom. The molecule has 4 heteroatoms. The summed E-state index contributed by atoms with van der Waals surface area (Å²) in [6.45, 7) is 0.471. The van der Waals surface area contributed by atoms with E-state index >= 15 is 0 Å². The van der Waals surface area contributed by atoms with Gasteiger partial charge >= 0.3 is 0 Å². The van der Waals surface area contributed by atoms with Crippen molar-refractivity contribution in [1.29, 1.82) is 0 Å². The second-order valence-electron chi connectivity index (χ2n) is 2.61. The molecule has 0 spiro atoms. The number of carbonyl (C=O) groups is 2. The Balaban J connectivity index is 2.61. The van der Waals surface area contributed by atoms with Gasteiger partial charge in [-0.2, -0.15) is 0 Å². The van der Waals surface area contributed by atoms with Gasteiger partial charge in [-0.3, -0.25) is 14.5 Å². The van der Waals surface area contributed by atoms with Crippen LogP contribution in [0.25, 0.3) is 0 Å². The van der Waals surface area contributed by atoms with Crippen molar-refractivity contribution in [3.05, 3.63) is 11.6 Å². The highest BCUT2D eigenvalue weighted by molar-refractivity contribution is 6.15. The summed E-state index contributed by atoms with van der Waals surface area (Å²) in [5.41, 5.74) is 0.532. The van der Waals surface area contributed by atoms with Crippen LogP contribution in [0.5, 0.6) is 0 Å². The molecule has 1 rings (SSSR count). The van der Waals surface area contributed by atoms with Crippen molar-refractivity contribution in [1.82, 2.24) is 4.90 Å². The number of likely N-dealkylation sites (N-methyl/N-ethyl adjacent to an activating group) is 1. The number of carbonyl (C=O) groups excluding carboxylic acids is 2. The van der Waals surface area contributed by atoms with Crippen LogP contribution in [0, 0.1) is 0 Å². The van der Waals surface area contributed by atoms with Crippen LogP contribution < -0.4 is 0 Å². The van der Waals surface area contributed by atoms with Gasteiger partial charge < -0.3 is 4.74 Å². The van der Waals surface area contributed by atoms with Crippen LogP contribution in [0.3, 0.4) is 0 Å². The fourth-order valence-electron chi connectivity index (χ4n) is 1.01. The van der Waals surface area contributed by atoms with Crippen molar-refractivity contribution >= 4 is 11.8 Å². The first-order chi connectivity index (χ1) is 5.66. The van der Waals surface area contributed by atoms with E-state index in [0.29, 0.717) is 18.6 Å². The lowest BCUT2D eigenvalue weighted by Gasteiger charge is -2.05. The maximum Gasteiger partial charge on any atom is 0.256 e. The lowest BCUT2D eigenvalue weighted by molar-refractivity contribution is -0.135. The number of imide groups is 1. The quantitative estimate of drug-likeness (QED) is 0.556. The molecule has 2 amide bonds. The molecule has 0 radical (unpaired) electrons. The highest BCUT2D eigenvalue weighted by Gasteiger charge is 2.26. The Morgan fingerprint density at radius 3 is 2.58 bits per heavy atom. The van der Waals surface area contributed by atoms with E-state index < -0.39 is 0 Å². The van der Waals surface area contributed by atoms with Gasteiger partial charge in [-0.15, -0.1) is 0 Å². The standard InChI is InChI=1S/C8H11NO3/c1-9-7(10)5-6(8(9)11)3-4-12-2/h5H,3-4H2,1-2H3. The van der Waals surface area contributed by atoms with Gasteiger partial charge in [0, 0.05) is 32.2 Å². The summed E-state index contributed by atoms with van der Waals surface area (Å²) in [5, 5.41) is 0. The predicted octanol–water partition coefficient (Wildman–Crippen LogP) is -0.0521. The summed E-state index contributed by atoms with van der Waals surface area (Å²) >= 11 is 0. The minimum absolute atomic E-state index is 0.211. The molecule has 1 aliphatic rings. The van der Waals surface area contributed by atoms with Gasteiger partial charge in [-0.05, 0) is 0 Å². The molecule has 0 aromatic rings. The van der Waals surface area contributed by atoms with E-state index in [4.69, 9.17) is 4.74 Å². The molecule has 0 bridgehead atoms. The van der Waals surface area contributed by atoms with Crippen LogP contribution in [0.2, 0.25) is 0 Å². The van der Waals surface area contributed by atoms with E-state index in [0.717, 1.165) is 4.90 Å². The fourth-order valence-corrected chi connectivity index (χ4v) is 1.01. The van der Waals surface area contributed by atoms with E-state index in [1.54, 1.807) is 7.11 Å². The second kappa shape index (κ2) is 3.49. The van der Waals surface area contributed by atoms with Crippen LogP contribution in [0.15, 0.2) is 11.6 Å². The maximum atomic E-state index is 11.2. The first-order valence-corrected chi connectivity index (χ1v) is 3.68. The van der Waals surface area contributed by atoms with Gasteiger partial charge in [0.05, 0.1) is 6.61 Å². The number of nitrogens with zero attached hydrogens (tertiary/aromatic N) is 1. The van der Waals surface area contributed by atoms with Crippen molar-refractivity contribution in [2.45, 2.75) is 6.42 Å². The molecular formula is C8H11NO3. The SMILES string of the molecule is COCCC1=CC(=O)N(C)C1=O. The number of methoxy groups -OCH3 is 1. The highest BCUT2D eigenvalue weighted by Crippen LogP contribution is 2.13. The van der Waals surface area contributed by atoms with Gasteiger partial charge in [0.2, 0.25) is 0 Å². The topological polar surface area (TPSA) is 46.6 Å². The molecule has 4 nitrogen and oxygen atoms in total. The third kappa shape index (κ3) is 1.53. The summed E-state index contributed by atoms with van der Waals surface area (Å²) in [4.78, 5) is 23.3. The minimum atomic E-state index is -0.244. The second-order valence-corrected chi connectivity index (χ2v) is 2.61. The maximum absolute atomic E-state index is 11.2. The van der Waals surface area contributed by atoms with Crippen molar-refractivity contribution < 1.29 is 14.3 Å². The Kier molecular flexibility index (Phi) is 2.60. The first kappa shape index (κ1) is 8.93. The van der Waals surface area contributed by atoms with Crippen molar-refractivity contribution in [2.75, 3.05) is 20.8 Å². The molecule has 0 N–H and O–H groups in total. The molecule has 0 saturated heterocycles. The van der Waals surface area contributed by atoms with Crippen LogP contribution in [-0.2, 0) is 14.3 Å². The number of rotatable bonds is 3. The van der Waals surface area contributed by atoms with E-state index in [2.05, 4.69) is 0 Å². The van der Waals surface area contributed by atoms with Gasteiger partial charge in [0.15, 0.2) is 0 Å². The van der Waals surface area contributed by atoms with E-state index in [1.807, 2.05) is 0 Å². The van der Waals surface area contributed by atoms with E-state index in [9.17, 15) is 9.59 Å². The zero-order valence-electron chi connectivity index (χ0n) is 7.16. The Bertz CT molecular complexity index is 245. The smallest absolute Gasteiger partial charge is 0.256 e. The molecule has 0 aromatic carbocycles. The number of amides is 2. The number of hydrogen-bond donors (Lipinski definition) is 0. The Morgan fingerprint density at radius 1 is 1.50 bits per heavy atom. The van der Waals surface area contributed by atoms with E-state index in [1.165, 1.54) is 13.1 Å². The van der Waals surface area contributed by atoms with Crippen molar-refractivity contribution in [3.8, 4) is 0 Å². The third-order valence-electron chi connectivity index (χ3n) is 1.78. The molecule has 1 heterocycles. The first-order valence-electron chi connectivity index (χ1n) is 3.68. The summed E-state index contributed by atoms with van der Waals surface area (Å²) in [6.07, 6.45) is 1.87. The Labute approximate surface area is 70.8 Å². The molecule has 0 aliphatic carbocycles. The van der Waals surface area contributed by atoms with Gasteiger partial charge in [-0.25, -0.2) is 0 Å². The molecule has 66 valence electrons. The highest BCUT2D eigenvalue weighted by atomic mass is 16.5. The lowest BCUT2D eigenvalue weighted by Crippen LogP contribution is -2.26. The van der Waals surface area contributed by atoms with Crippen LogP contribution in [-0.4, -0.2) is 37.5 Å². The average molecular weight is 169 g/mol. The third-order valence-corrected chi connectivity index (χ3v) is 1.78. The monoisotopic (exact) mass is 169 g/mol. The molecule has 1 aliphatic heterocycles. The van der Waals surface area contributed by atoms with Crippen LogP contribution >= 0.6 is 0 Å². The van der Waals surface area contributed by atoms with Crippen LogP contribution in [0.1, 0.15) is 6.42 Å². The largest absolute Gasteiger partial charge is 0.384 e. The summed E-state index contributed by atoms with van der Waals surface area (Å²) < 4.78 is 4.80. The summed E-state index contributed by atoms with van der Waals surface area (Å²) in [7, 11) is 3.03. The molecular weight excluding hydrogens is 158 g/mol. The predicted molar refractivity (Wildman–Crippen MR) is 42.4 cm³/mol. The summed E-state index contributed by atoms with van der Waals surface area (Å²) in [5.74, 6) is -0.455. The minimum Gasteiger partial charge on any atom is -0.384 e. The summed E-state index contributed by atoms with van der Waals surface area (Å²) in [6, 6.07) is 0.